The van der Waals surface area contributed by atoms with Gasteiger partial charge in [-0.05, 0) is 30.3 Å². The van der Waals surface area contributed by atoms with Crippen LogP contribution in [0.15, 0.2) is 36.5 Å². The van der Waals surface area contributed by atoms with Gasteiger partial charge in [0.2, 0.25) is 11.5 Å². The Bertz CT molecular complexity index is 1550. The van der Waals surface area contributed by atoms with Crippen molar-refractivity contribution in [3.63, 3.8) is 0 Å². The SMILES string of the molecule is COc1cc(-c2nc3c(nc4cccnn43)c3cc(OC)c(OC)c(OC)c23)cc(OC)c1OC. The second kappa shape index (κ2) is 8.71. The van der Waals surface area contributed by atoms with Crippen LogP contribution in [0, 0.1) is 0 Å². The maximum Gasteiger partial charge on any atom is 0.204 e. The van der Waals surface area contributed by atoms with E-state index in [1.165, 1.54) is 0 Å². The molecule has 0 aliphatic carbocycles. The monoisotopic (exact) mass is 476 g/mol. The molecule has 0 saturated heterocycles. The van der Waals surface area contributed by atoms with Crippen molar-refractivity contribution >= 4 is 27.6 Å². The Morgan fingerprint density at radius 1 is 0.686 bits per heavy atom. The predicted octanol–water partition coefficient (Wildman–Crippen LogP) is 4.15. The molecule has 10 nitrogen and oxygen atoms in total. The van der Waals surface area contributed by atoms with Gasteiger partial charge < -0.3 is 28.4 Å². The molecule has 0 N–H and O–H groups in total. The molecule has 0 fully saturated rings. The molecule has 3 heterocycles. The first-order valence-electron chi connectivity index (χ1n) is 10.7. The van der Waals surface area contributed by atoms with Crippen LogP contribution in [0.1, 0.15) is 0 Å². The van der Waals surface area contributed by atoms with E-state index in [0.29, 0.717) is 68.0 Å². The third-order valence-corrected chi connectivity index (χ3v) is 5.85. The second-order valence-electron chi connectivity index (χ2n) is 7.52. The van der Waals surface area contributed by atoms with E-state index in [2.05, 4.69) is 5.10 Å². The summed E-state index contributed by atoms with van der Waals surface area (Å²) in [5.41, 5.74) is 3.19. The molecule has 0 atom stereocenters. The first-order chi connectivity index (χ1) is 17.1. The van der Waals surface area contributed by atoms with E-state index in [4.69, 9.17) is 38.4 Å². The lowest BCUT2D eigenvalue weighted by Crippen LogP contribution is -2.01. The van der Waals surface area contributed by atoms with Gasteiger partial charge in [-0.1, -0.05) is 0 Å². The summed E-state index contributed by atoms with van der Waals surface area (Å²) in [6.07, 6.45) is 1.69. The van der Waals surface area contributed by atoms with E-state index in [1.807, 2.05) is 30.3 Å². The highest BCUT2D eigenvalue weighted by Crippen LogP contribution is 2.49. The molecule has 5 rings (SSSR count). The number of fused-ring (bicyclic) bond motifs is 5. The summed E-state index contributed by atoms with van der Waals surface area (Å²) >= 11 is 0. The molecule has 0 amide bonds. The number of hydrogen-bond acceptors (Lipinski definition) is 9. The van der Waals surface area contributed by atoms with Gasteiger partial charge >= 0.3 is 0 Å². The number of rotatable bonds is 7. The van der Waals surface area contributed by atoms with Crippen molar-refractivity contribution in [3.8, 4) is 45.8 Å². The first-order valence-corrected chi connectivity index (χ1v) is 10.7. The summed E-state index contributed by atoms with van der Waals surface area (Å²) in [5.74, 6) is 2.88. The Morgan fingerprint density at radius 3 is 1.91 bits per heavy atom. The number of hydrogen-bond donors (Lipinski definition) is 0. The Hall–Kier alpha value is -4.47. The van der Waals surface area contributed by atoms with Gasteiger partial charge in [-0.25, -0.2) is 9.97 Å². The minimum absolute atomic E-state index is 0.444. The molecule has 3 aromatic heterocycles. The number of benzene rings is 2. The minimum Gasteiger partial charge on any atom is -0.493 e. The van der Waals surface area contributed by atoms with E-state index in [1.54, 1.807) is 53.4 Å². The fourth-order valence-electron chi connectivity index (χ4n) is 4.32. The zero-order valence-electron chi connectivity index (χ0n) is 20.2. The highest BCUT2D eigenvalue weighted by Gasteiger charge is 2.26. The molecule has 180 valence electrons. The number of nitrogens with zero attached hydrogens (tertiary/aromatic N) is 4. The molecule has 0 aliphatic rings. The highest BCUT2D eigenvalue weighted by molar-refractivity contribution is 6.13. The van der Waals surface area contributed by atoms with Crippen LogP contribution in [0.4, 0.5) is 0 Å². The summed E-state index contributed by atoms with van der Waals surface area (Å²) in [6.45, 7) is 0. The lowest BCUT2D eigenvalue weighted by atomic mass is 10.0. The van der Waals surface area contributed by atoms with Crippen LogP contribution in [-0.2, 0) is 0 Å². The second-order valence-corrected chi connectivity index (χ2v) is 7.52. The molecule has 5 aromatic rings. The van der Waals surface area contributed by atoms with Crippen LogP contribution in [0.2, 0.25) is 0 Å². The van der Waals surface area contributed by atoms with Crippen LogP contribution >= 0.6 is 0 Å². The Kier molecular flexibility index (Phi) is 5.56. The van der Waals surface area contributed by atoms with Crippen LogP contribution < -0.4 is 28.4 Å². The van der Waals surface area contributed by atoms with Crippen molar-refractivity contribution in [2.45, 2.75) is 0 Å². The zero-order valence-corrected chi connectivity index (χ0v) is 20.2. The summed E-state index contributed by atoms with van der Waals surface area (Å²) in [7, 11) is 9.41. The Labute approximate surface area is 200 Å². The maximum atomic E-state index is 5.85. The predicted molar refractivity (Wildman–Crippen MR) is 131 cm³/mol. The van der Waals surface area contributed by atoms with Crippen molar-refractivity contribution in [3.05, 3.63) is 36.5 Å². The fourth-order valence-corrected chi connectivity index (χ4v) is 4.32. The van der Waals surface area contributed by atoms with Gasteiger partial charge in [0.05, 0.1) is 53.7 Å². The average molecular weight is 476 g/mol. The molecule has 0 radical (unpaired) electrons. The molecule has 0 spiro atoms. The Morgan fingerprint density at radius 2 is 1.31 bits per heavy atom. The van der Waals surface area contributed by atoms with Gasteiger partial charge in [0.1, 0.15) is 5.52 Å². The third-order valence-electron chi connectivity index (χ3n) is 5.85. The Balaban J connectivity index is 2.01. The van der Waals surface area contributed by atoms with Crippen LogP contribution in [0.25, 0.3) is 38.8 Å². The topological polar surface area (TPSA) is 98.5 Å². The van der Waals surface area contributed by atoms with Crippen molar-refractivity contribution in [1.29, 1.82) is 0 Å². The molecule has 0 unspecified atom stereocenters. The number of aromatic nitrogens is 4. The van der Waals surface area contributed by atoms with Crippen LogP contribution in [-0.4, -0.2) is 62.2 Å². The normalized spacial score (nSPS) is 11.1. The number of imidazole rings is 1. The smallest absolute Gasteiger partial charge is 0.204 e. The van der Waals surface area contributed by atoms with Crippen molar-refractivity contribution < 1.29 is 28.4 Å². The van der Waals surface area contributed by atoms with Gasteiger partial charge in [0.25, 0.3) is 0 Å². The lowest BCUT2D eigenvalue weighted by Gasteiger charge is -2.18. The first kappa shape index (κ1) is 22.3. The van der Waals surface area contributed by atoms with Crippen molar-refractivity contribution in [2.75, 3.05) is 42.7 Å². The standard InChI is InChI=1S/C25H24N4O6/c1-30-15-10-13(11-16(31-2)22(15)33-4)20-19-14(12-17(32-3)23(34-5)24(19)35-6)21-25(28-20)29-18(27-21)8-7-9-26-29/h7-12H,1-6H3. The summed E-state index contributed by atoms with van der Waals surface area (Å²) in [4.78, 5) is 9.81. The molecule has 0 saturated carbocycles. The minimum atomic E-state index is 0.444. The third kappa shape index (κ3) is 3.29. The van der Waals surface area contributed by atoms with Crippen molar-refractivity contribution in [1.82, 2.24) is 19.6 Å². The quantitative estimate of drug-likeness (QED) is 0.343. The molecule has 0 bridgehead atoms. The van der Waals surface area contributed by atoms with E-state index in [-0.39, 0.29) is 0 Å². The van der Waals surface area contributed by atoms with Gasteiger partial charge in [-0.15, -0.1) is 0 Å². The average Bonchev–Trinajstić information content (AvgIpc) is 3.29. The van der Waals surface area contributed by atoms with Crippen LogP contribution in [0.5, 0.6) is 34.5 Å². The molecular weight excluding hydrogens is 452 g/mol. The molecule has 2 aromatic carbocycles. The fraction of sp³-hybridized carbons (Fsp3) is 0.240. The summed E-state index contributed by atoms with van der Waals surface area (Å²) in [6, 6.07) is 9.24. The number of pyridine rings is 1. The maximum absolute atomic E-state index is 5.85. The summed E-state index contributed by atoms with van der Waals surface area (Å²) < 4.78 is 35.5. The molecule has 35 heavy (non-hydrogen) atoms. The van der Waals surface area contributed by atoms with Gasteiger partial charge in [-0.3, -0.25) is 0 Å². The summed E-state index contributed by atoms with van der Waals surface area (Å²) in [5, 5.41) is 5.91. The van der Waals surface area contributed by atoms with E-state index in [0.717, 1.165) is 5.39 Å². The highest BCUT2D eigenvalue weighted by atomic mass is 16.5. The number of ether oxygens (including phenoxy) is 6. The molecular formula is C25H24N4O6. The molecule has 0 aliphatic heterocycles. The van der Waals surface area contributed by atoms with Gasteiger partial charge in [0.15, 0.2) is 34.3 Å². The van der Waals surface area contributed by atoms with E-state index >= 15 is 0 Å². The molecule has 10 heteroatoms. The lowest BCUT2D eigenvalue weighted by molar-refractivity contribution is 0.324. The van der Waals surface area contributed by atoms with E-state index < -0.39 is 0 Å². The van der Waals surface area contributed by atoms with E-state index in [9.17, 15) is 0 Å². The van der Waals surface area contributed by atoms with Crippen LogP contribution in [0.3, 0.4) is 0 Å². The van der Waals surface area contributed by atoms with Gasteiger partial charge in [-0.2, -0.15) is 9.61 Å². The van der Waals surface area contributed by atoms with Crippen molar-refractivity contribution in [2.24, 2.45) is 0 Å². The largest absolute Gasteiger partial charge is 0.493 e. The van der Waals surface area contributed by atoms with Gasteiger partial charge in [0, 0.05) is 17.1 Å². The zero-order chi connectivity index (χ0) is 24.7. The number of methoxy groups -OCH3 is 6.